The molecule has 3 rings (SSSR count). The minimum Gasteiger partial charge on any atom is -0.382 e. The zero-order valence-corrected chi connectivity index (χ0v) is 16.1. The van der Waals surface area contributed by atoms with Gasteiger partial charge in [-0.05, 0) is 49.7 Å². The number of alkyl halides is 1. The van der Waals surface area contributed by atoms with Crippen LogP contribution >= 0.6 is 11.6 Å². The maximum absolute atomic E-state index is 13.0. The number of anilines is 1. The normalized spacial score (nSPS) is 26.1. The van der Waals surface area contributed by atoms with Crippen molar-refractivity contribution in [3.63, 3.8) is 0 Å². The molecule has 0 spiro atoms. The third kappa shape index (κ3) is 3.82. The van der Waals surface area contributed by atoms with Gasteiger partial charge in [-0.1, -0.05) is 31.9 Å². The molecule has 25 heavy (non-hydrogen) atoms. The number of carbonyl (C=O) groups is 1. The van der Waals surface area contributed by atoms with Gasteiger partial charge in [0.2, 0.25) is 0 Å². The van der Waals surface area contributed by atoms with Crippen LogP contribution in [0.1, 0.15) is 56.8 Å². The molecule has 0 saturated heterocycles. The van der Waals surface area contributed by atoms with E-state index in [9.17, 15) is 4.79 Å². The van der Waals surface area contributed by atoms with E-state index in [4.69, 9.17) is 11.6 Å². The second kappa shape index (κ2) is 7.74. The lowest BCUT2D eigenvalue weighted by atomic mass is 9.96. The number of Topliss-reactive ketones (excluding diaryl/α,β-unsaturated/α-hetero) is 1. The minimum atomic E-state index is 0.0631. The molecule has 1 aromatic heterocycles. The molecule has 0 bridgehead atoms. The van der Waals surface area contributed by atoms with Gasteiger partial charge in [0, 0.05) is 35.6 Å². The lowest BCUT2D eigenvalue weighted by Gasteiger charge is -2.17. The fraction of sp³-hybridized carbons (Fsp3) is 0.524. The van der Waals surface area contributed by atoms with Crippen molar-refractivity contribution in [1.82, 2.24) is 4.98 Å². The van der Waals surface area contributed by atoms with Gasteiger partial charge >= 0.3 is 0 Å². The Morgan fingerprint density at radius 3 is 2.84 bits per heavy atom. The van der Waals surface area contributed by atoms with E-state index in [0.29, 0.717) is 23.9 Å². The Morgan fingerprint density at radius 1 is 1.40 bits per heavy atom. The van der Waals surface area contributed by atoms with Crippen molar-refractivity contribution < 1.29 is 4.79 Å². The van der Waals surface area contributed by atoms with Crippen LogP contribution in [-0.4, -0.2) is 22.7 Å². The Morgan fingerprint density at radius 2 is 2.20 bits per heavy atom. The van der Waals surface area contributed by atoms with Crippen LogP contribution in [0.15, 0.2) is 41.3 Å². The van der Waals surface area contributed by atoms with Crippen LogP contribution in [0.4, 0.5) is 5.69 Å². The maximum atomic E-state index is 13.0. The van der Waals surface area contributed by atoms with Gasteiger partial charge in [0.1, 0.15) is 0 Å². The van der Waals surface area contributed by atoms with Crippen molar-refractivity contribution in [2.24, 2.45) is 11.8 Å². The third-order valence-electron chi connectivity index (χ3n) is 5.79. The molecular formula is C21H27ClN2O. The predicted molar refractivity (Wildman–Crippen MR) is 104 cm³/mol. The molecule has 0 unspecified atom stereocenters. The molecule has 1 heterocycles. The van der Waals surface area contributed by atoms with Crippen LogP contribution in [0.5, 0.6) is 0 Å². The number of allylic oxidation sites excluding steroid dienone is 4. The Kier molecular flexibility index (Phi) is 5.63. The number of hydrogen-bond donors (Lipinski definition) is 1. The summed E-state index contributed by atoms with van der Waals surface area (Å²) in [4.78, 5) is 17.2. The van der Waals surface area contributed by atoms with Gasteiger partial charge in [0.25, 0.3) is 0 Å². The average Bonchev–Trinajstić information content (AvgIpc) is 3.16. The summed E-state index contributed by atoms with van der Waals surface area (Å²) in [7, 11) is 0. The van der Waals surface area contributed by atoms with Crippen LogP contribution in [0.25, 0.3) is 0 Å². The van der Waals surface area contributed by atoms with Crippen LogP contribution < -0.4 is 5.32 Å². The number of nitrogens with one attached hydrogen (secondary N) is 1. The Hall–Kier alpha value is -1.61. The fourth-order valence-electron chi connectivity index (χ4n) is 4.20. The number of pyridine rings is 1. The largest absolute Gasteiger partial charge is 0.382 e. The van der Waals surface area contributed by atoms with Crippen molar-refractivity contribution in [3.05, 3.63) is 46.8 Å². The van der Waals surface area contributed by atoms with Crippen molar-refractivity contribution in [1.29, 1.82) is 0 Å². The van der Waals surface area contributed by atoms with E-state index in [-0.39, 0.29) is 5.78 Å². The Balaban J connectivity index is 1.77. The van der Waals surface area contributed by atoms with Crippen molar-refractivity contribution in [3.8, 4) is 0 Å². The zero-order valence-electron chi connectivity index (χ0n) is 15.3. The van der Waals surface area contributed by atoms with E-state index < -0.39 is 0 Å². The van der Waals surface area contributed by atoms with Crippen molar-refractivity contribution in [2.45, 2.75) is 52.5 Å². The molecule has 3 atom stereocenters. The molecule has 0 amide bonds. The molecular weight excluding hydrogens is 332 g/mol. The van der Waals surface area contributed by atoms with E-state index in [0.717, 1.165) is 35.1 Å². The van der Waals surface area contributed by atoms with Gasteiger partial charge in [0.05, 0.1) is 5.56 Å². The number of halogens is 1. The summed E-state index contributed by atoms with van der Waals surface area (Å²) in [6, 6.07) is 2.36. The average molecular weight is 359 g/mol. The number of nitrogens with zero attached hydrogens (tertiary/aromatic N) is 1. The number of ketones is 1. The summed E-state index contributed by atoms with van der Waals surface area (Å²) in [6.45, 7) is 6.64. The van der Waals surface area contributed by atoms with Crippen LogP contribution in [0, 0.1) is 11.8 Å². The first-order valence-corrected chi connectivity index (χ1v) is 9.77. The van der Waals surface area contributed by atoms with Gasteiger partial charge in [-0.25, -0.2) is 0 Å². The maximum Gasteiger partial charge on any atom is 0.192 e. The van der Waals surface area contributed by atoms with E-state index in [1.165, 1.54) is 18.4 Å². The highest BCUT2D eigenvalue weighted by atomic mass is 35.5. The Bertz CT molecular complexity index is 722. The van der Waals surface area contributed by atoms with Gasteiger partial charge in [0.15, 0.2) is 5.78 Å². The monoisotopic (exact) mass is 358 g/mol. The summed E-state index contributed by atoms with van der Waals surface area (Å²) in [5, 5.41) is 3.62. The van der Waals surface area contributed by atoms with E-state index >= 15 is 0 Å². The highest BCUT2D eigenvalue weighted by molar-refractivity contribution is 6.20. The molecule has 134 valence electrons. The molecule has 1 saturated carbocycles. The first kappa shape index (κ1) is 18.2. The highest BCUT2D eigenvalue weighted by Crippen LogP contribution is 2.36. The van der Waals surface area contributed by atoms with Gasteiger partial charge in [-0.15, -0.1) is 11.6 Å². The van der Waals surface area contributed by atoms with Crippen LogP contribution in [0.2, 0.25) is 0 Å². The zero-order chi connectivity index (χ0) is 18.0. The van der Waals surface area contributed by atoms with Crippen LogP contribution in [0.3, 0.4) is 0 Å². The highest BCUT2D eigenvalue weighted by Gasteiger charge is 2.31. The SMILES string of the molecule is CC[C@H]1C[C@@H](Nc2ccncc2C(=O)C2=CC(CCl)=C(C)C2)C[C@@H]1C. The summed E-state index contributed by atoms with van der Waals surface area (Å²) >= 11 is 5.97. The molecule has 0 aromatic carbocycles. The molecule has 2 aliphatic carbocycles. The fourth-order valence-corrected chi connectivity index (χ4v) is 4.50. The third-order valence-corrected chi connectivity index (χ3v) is 6.07. The number of carbonyl (C=O) groups excluding carboxylic acids is 1. The topological polar surface area (TPSA) is 42.0 Å². The Labute approximate surface area is 155 Å². The lowest BCUT2D eigenvalue weighted by Crippen LogP contribution is -2.18. The van der Waals surface area contributed by atoms with Crippen molar-refractivity contribution >= 4 is 23.1 Å². The van der Waals surface area contributed by atoms with Gasteiger partial charge < -0.3 is 5.32 Å². The predicted octanol–water partition coefficient (Wildman–Crippen LogP) is 5.39. The second-order valence-electron chi connectivity index (χ2n) is 7.49. The first-order chi connectivity index (χ1) is 12.0. The number of aromatic nitrogens is 1. The summed E-state index contributed by atoms with van der Waals surface area (Å²) in [5.41, 5.74) is 4.65. The number of rotatable bonds is 6. The lowest BCUT2D eigenvalue weighted by molar-refractivity contribution is 0.103. The molecule has 0 aliphatic heterocycles. The molecule has 1 N–H and O–H groups in total. The van der Waals surface area contributed by atoms with E-state index in [1.807, 2.05) is 19.1 Å². The summed E-state index contributed by atoms with van der Waals surface area (Å²) in [5.74, 6) is 2.03. The molecule has 1 fully saturated rings. The molecule has 2 aliphatic rings. The molecule has 1 aromatic rings. The summed E-state index contributed by atoms with van der Waals surface area (Å²) < 4.78 is 0. The smallest absolute Gasteiger partial charge is 0.192 e. The first-order valence-electron chi connectivity index (χ1n) is 9.23. The number of hydrogen-bond acceptors (Lipinski definition) is 3. The molecule has 4 heteroatoms. The van der Waals surface area contributed by atoms with E-state index in [2.05, 4.69) is 24.1 Å². The van der Waals surface area contributed by atoms with Crippen molar-refractivity contribution in [2.75, 3.05) is 11.2 Å². The van der Waals surface area contributed by atoms with Gasteiger partial charge in [-0.3, -0.25) is 9.78 Å². The summed E-state index contributed by atoms with van der Waals surface area (Å²) in [6.07, 6.45) is 9.64. The van der Waals surface area contributed by atoms with Gasteiger partial charge in [-0.2, -0.15) is 0 Å². The van der Waals surface area contributed by atoms with E-state index in [1.54, 1.807) is 12.4 Å². The second-order valence-corrected chi connectivity index (χ2v) is 7.76. The minimum absolute atomic E-state index is 0.0631. The molecule has 3 nitrogen and oxygen atoms in total. The quantitative estimate of drug-likeness (QED) is 0.547. The molecule has 0 radical (unpaired) electrons. The standard InChI is InChI=1S/C21H27ClN2O/c1-4-15-10-18(8-14(15)3)24-20-5-6-23-12-19(20)21(25)16-7-13(2)17(9-16)11-22/h5-6,9,12,14-15,18H,4,7-8,10-11H2,1-3H3,(H,23,24)/t14-,15-,18-/m0/s1. The van der Waals surface area contributed by atoms with Crippen LogP contribution in [-0.2, 0) is 0 Å².